The molecule has 0 radical (unpaired) electrons. The van der Waals surface area contributed by atoms with Crippen molar-refractivity contribution in [2.45, 2.75) is 26.0 Å². The average molecular weight is 409 g/mol. The minimum Gasteiger partial charge on any atom is -0.497 e. The Morgan fingerprint density at radius 1 is 1.17 bits per heavy atom. The molecule has 2 aromatic carbocycles. The van der Waals surface area contributed by atoms with E-state index >= 15 is 0 Å². The van der Waals surface area contributed by atoms with Gasteiger partial charge in [0.1, 0.15) is 5.75 Å². The number of carbonyl (C=O) groups excluding carboxylic acids is 1. The van der Waals surface area contributed by atoms with Crippen LogP contribution >= 0.6 is 0 Å². The highest BCUT2D eigenvalue weighted by Crippen LogP contribution is 2.21. The second-order valence-electron chi connectivity index (χ2n) is 6.50. The van der Waals surface area contributed by atoms with E-state index < -0.39 is 11.7 Å². The highest BCUT2D eigenvalue weighted by molar-refractivity contribution is 5.72. The number of oxazole rings is 1. The maximum atomic E-state index is 12.0. The number of fused-ring (bicyclic) bond motifs is 1. The van der Waals surface area contributed by atoms with Gasteiger partial charge < -0.3 is 18.4 Å². The summed E-state index contributed by atoms with van der Waals surface area (Å²) in [6, 6.07) is 14.4. The van der Waals surface area contributed by atoms with Crippen molar-refractivity contribution in [1.82, 2.24) is 14.7 Å². The highest BCUT2D eigenvalue weighted by atomic mass is 16.6. The molecule has 0 unspecified atom stereocenters. The summed E-state index contributed by atoms with van der Waals surface area (Å²) in [6.45, 7) is 0.232. The molecule has 154 valence electrons. The van der Waals surface area contributed by atoms with Gasteiger partial charge in [-0.15, -0.1) is 0 Å². The summed E-state index contributed by atoms with van der Waals surface area (Å²) < 4.78 is 22.2. The van der Waals surface area contributed by atoms with Gasteiger partial charge in [-0.1, -0.05) is 29.4 Å². The first-order chi connectivity index (χ1) is 14.6. The largest absolute Gasteiger partial charge is 0.497 e. The van der Waals surface area contributed by atoms with E-state index in [2.05, 4.69) is 10.1 Å². The van der Waals surface area contributed by atoms with Crippen LogP contribution in [0, 0.1) is 0 Å². The van der Waals surface area contributed by atoms with Gasteiger partial charge in [0.15, 0.2) is 12.2 Å². The van der Waals surface area contributed by atoms with E-state index in [4.69, 9.17) is 18.4 Å². The normalized spacial score (nSPS) is 11.0. The van der Waals surface area contributed by atoms with Crippen molar-refractivity contribution in [3.63, 3.8) is 0 Å². The van der Waals surface area contributed by atoms with Crippen LogP contribution in [-0.2, 0) is 22.7 Å². The summed E-state index contributed by atoms with van der Waals surface area (Å²) in [6.07, 6.45) is 0.573. The molecule has 0 amide bonds. The molecule has 0 fully saturated rings. The number of ether oxygens (including phenoxy) is 2. The molecule has 30 heavy (non-hydrogen) atoms. The van der Waals surface area contributed by atoms with E-state index in [-0.39, 0.29) is 18.9 Å². The molecule has 0 saturated carbocycles. The average Bonchev–Trinajstić information content (AvgIpc) is 3.37. The topological polar surface area (TPSA) is 110 Å². The molecule has 9 nitrogen and oxygen atoms in total. The lowest BCUT2D eigenvalue weighted by molar-refractivity contribution is -0.145. The Hall–Kier alpha value is -3.88. The predicted octanol–water partition coefficient (Wildman–Crippen LogP) is 3.18. The van der Waals surface area contributed by atoms with E-state index in [0.29, 0.717) is 35.6 Å². The Kier molecular flexibility index (Phi) is 5.60. The second-order valence-corrected chi connectivity index (χ2v) is 6.50. The molecular formula is C21H19N3O6. The van der Waals surface area contributed by atoms with Crippen molar-refractivity contribution in [2.75, 3.05) is 7.11 Å². The summed E-state index contributed by atoms with van der Waals surface area (Å²) in [5, 5.41) is 3.89. The van der Waals surface area contributed by atoms with Crippen LogP contribution in [0.3, 0.4) is 0 Å². The maximum absolute atomic E-state index is 12.0. The summed E-state index contributed by atoms with van der Waals surface area (Å²) in [5.41, 5.74) is 1.95. The molecule has 0 saturated heterocycles. The summed E-state index contributed by atoms with van der Waals surface area (Å²) >= 11 is 0. The minimum absolute atomic E-state index is 0.121. The zero-order valence-corrected chi connectivity index (χ0v) is 16.2. The second kappa shape index (κ2) is 8.64. The minimum atomic E-state index is -0.444. The molecule has 0 N–H and O–H groups in total. The zero-order valence-electron chi connectivity index (χ0n) is 16.2. The van der Waals surface area contributed by atoms with Crippen molar-refractivity contribution in [2.24, 2.45) is 0 Å². The van der Waals surface area contributed by atoms with Crippen LogP contribution in [0.5, 0.6) is 5.75 Å². The van der Waals surface area contributed by atoms with Crippen LogP contribution in [0.2, 0.25) is 0 Å². The number of methoxy groups -OCH3 is 1. The number of aromatic nitrogens is 3. The number of benzene rings is 2. The van der Waals surface area contributed by atoms with Crippen LogP contribution in [0.25, 0.3) is 22.5 Å². The van der Waals surface area contributed by atoms with Gasteiger partial charge in [-0.3, -0.25) is 9.36 Å². The standard InChI is InChI=1S/C21H19N3O6/c1-27-15-7-4-6-14(12-15)20-22-18(30-23-20)13-28-19(25)10-5-11-24-16-8-2-3-9-17(16)29-21(24)26/h2-4,6-9,12H,5,10-11,13H2,1H3. The molecule has 4 rings (SSSR count). The lowest BCUT2D eigenvalue weighted by atomic mass is 10.2. The number of nitrogens with zero attached hydrogens (tertiary/aromatic N) is 3. The van der Waals surface area contributed by atoms with Gasteiger partial charge in [0.05, 0.1) is 12.6 Å². The molecular weight excluding hydrogens is 390 g/mol. The molecule has 0 aliphatic rings. The highest BCUT2D eigenvalue weighted by Gasteiger charge is 2.13. The third kappa shape index (κ3) is 4.24. The van der Waals surface area contributed by atoms with Gasteiger partial charge in [0, 0.05) is 18.5 Å². The number of para-hydroxylation sites is 2. The Labute approximate surface area is 170 Å². The van der Waals surface area contributed by atoms with Gasteiger partial charge in [0.2, 0.25) is 5.82 Å². The summed E-state index contributed by atoms with van der Waals surface area (Å²) in [5.74, 6) is 0.386. The Morgan fingerprint density at radius 2 is 2.03 bits per heavy atom. The lowest BCUT2D eigenvalue weighted by Gasteiger charge is -2.03. The van der Waals surface area contributed by atoms with E-state index in [1.54, 1.807) is 31.4 Å². The van der Waals surface area contributed by atoms with E-state index in [0.717, 1.165) is 5.56 Å². The van der Waals surface area contributed by atoms with Crippen molar-refractivity contribution < 1.29 is 23.2 Å². The molecule has 0 atom stereocenters. The van der Waals surface area contributed by atoms with E-state index in [1.165, 1.54) is 4.57 Å². The molecule has 0 spiro atoms. The monoisotopic (exact) mass is 409 g/mol. The van der Waals surface area contributed by atoms with Crippen molar-refractivity contribution in [1.29, 1.82) is 0 Å². The number of rotatable bonds is 8. The fraction of sp³-hybridized carbons (Fsp3) is 0.238. The Balaban J connectivity index is 1.28. The Bertz CT molecular complexity index is 1220. The Morgan fingerprint density at radius 3 is 2.90 bits per heavy atom. The first-order valence-electron chi connectivity index (χ1n) is 9.35. The van der Waals surface area contributed by atoms with Gasteiger partial charge >= 0.3 is 11.7 Å². The number of carbonyl (C=O) groups is 1. The van der Waals surface area contributed by atoms with Crippen LogP contribution < -0.4 is 10.5 Å². The number of hydrogen-bond acceptors (Lipinski definition) is 8. The van der Waals surface area contributed by atoms with E-state index in [9.17, 15) is 9.59 Å². The number of esters is 1. The number of hydrogen-bond donors (Lipinski definition) is 0. The molecule has 9 heteroatoms. The molecule has 0 bridgehead atoms. The molecule has 2 aromatic heterocycles. The molecule has 4 aromatic rings. The van der Waals surface area contributed by atoms with Gasteiger partial charge in [-0.2, -0.15) is 4.98 Å². The summed E-state index contributed by atoms with van der Waals surface area (Å²) in [4.78, 5) is 28.2. The zero-order chi connectivity index (χ0) is 20.9. The predicted molar refractivity (Wildman–Crippen MR) is 106 cm³/mol. The van der Waals surface area contributed by atoms with Crippen molar-refractivity contribution in [3.05, 3.63) is 65.0 Å². The third-order valence-electron chi connectivity index (χ3n) is 4.49. The van der Waals surface area contributed by atoms with Crippen LogP contribution in [-0.4, -0.2) is 27.8 Å². The van der Waals surface area contributed by atoms with Gasteiger partial charge in [0.25, 0.3) is 5.89 Å². The molecule has 0 aliphatic carbocycles. The first-order valence-corrected chi connectivity index (χ1v) is 9.35. The first kappa shape index (κ1) is 19.4. The smallest absolute Gasteiger partial charge is 0.419 e. The third-order valence-corrected chi connectivity index (χ3v) is 4.49. The van der Waals surface area contributed by atoms with Gasteiger partial charge in [-0.05, 0) is 30.7 Å². The van der Waals surface area contributed by atoms with E-state index in [1.807, 2.05) is 24.3 Å². The van der Waals surface area contributed by atoms with Crippen molar-refractivity contribution in [3.8, 4) is 17.1 Å². The van der Waals surface area contributed by atoms with Crippen LogP contribution in [0.15, 0.2) is 62.3 Å². The van der Waals surface area contributed by atoms with Crippen LogP contribution in [0.4, 0.5) is 0 Å². The SMILES string of the molecule is COc1cccc(-c2noc(COC(=O)CCCn3c(=O)oc4ccccc43)n2)c1. The maximum Gasteiger partial charge on any atom is 0.419 e. The number of aryl methyl sites for hydroxylation is 1. The fourth-order valence-electron chi connectivity index (χ4n) is 3.01. The fourth-order valence-corrected chi connectivity index (χ4v) is 3.01. The van der Waals surface area contributed by atoms with Crippen molar-refractivity contribution >= 4 is 17.1 Å². The van der Waals surface area contributed by atoms with Crippen LogP contribution in [0.1, 0.15) is 18.7 Å². The lowest BCUT2D eigenvalue weighted by Crippen LogP contribution is -2.15. The van der Waals surface area contributed by atoms with Gasteiger partial charge in [-0.25, -0.2) is 4.79 Å². The molecule has 2 heterocycles. The molecule has 0 aliphatic heterocycles. The summed E-state index contributed by atoms with van der Waals surface area (Å²) in [7, 11) is 1.58. The quantitative estimate of drug-likeness (QED) is 0.408.